The second kappa shape index (κ2) is 13.7. The highest BCUT2D eigenvalue weighted by Crippen LogP contribution is 2.39. The third-order valence-corrected chi connectivity index (χ3v) is 10.0. The maximum Gasteiger partial charge on any atom is 0.280 e. The molecular weight excluding hydrogens is 639 g/mol. The van der Waals surface area contributed by atoms with Crippen LogP contribution < -0.4 is 21.0 Å². The Balaban J connectivity index is 0.00000401. The highest BCUT2D eigenvalue weighted by molar-refractivity contribution is 5.85. The predicted octanol–water partition coefficient (Wildman–Crippen LogP) is 6.15. The van der Waals surface area contributed by atoms with E-state index in [0.717, 1.165) is 61.4 Å². The first-order valence-electron chi connectivity index (χ1n) is 16.6. The molecule has 4 aromatic rings. The lowest BCUT2D eigenvalue weighted by atomic mass is 10.00. The average molecular weight is 682 g/mol. The second-order valence-corrected chi connectivity index (χ2v) is 13.6. The summed E-state index contributed by atoms with van der Waals surface area (Å²) in [6.07, 6.45) is 9.61. The Labute approximate surface area is 285 Å². The molecule has 48 heavy (non-hydrogen) atoms. The fourth-order valence-corrected chi connectivity index (χ4v) is 7.19. The first-order valence-corrected chi connectivity index (χ1v) is 16.6. The Bertz CT molecular complexity index is 1830. The van der Waals surface area contributed by atoms with Gasteiger partial charge in [0, 0.05) is 79.5 Å². The molecule has 5 heterocycles. The van der Waals surface area contributed by atoms with Crippen LogP contribution in [0.4, 0.5) is 24.5 Å². The summed E-state index contributed by atoms with van der Waals surface area (Å²) in [5.41, 5.74) is 10.8. The van der Waals surface area contributed by atoms with Crippen LogP contribution in [0, 0.1) is 19.7 Å². The molecule has 1 saturated carbocycles. The van der Waals surface area contributed by atoms with Crippen LogP contribution in [0.25, 0.3) is 10.9 Å². The highest BCUT2D eigenvalue weighted by Gasteiger charge is 2.43. The Morgan fingerprint density at radius 1 is 0.979 bits per heavy atom. The molecule has 8 nitrogen and oxygen atoms in total. The van der Waals surface area contributed by atoms with E-state index >= 15 is 4.39 Å². The van der Waals surface area contributed by atoms with E-state index < -0.39 is 24.3 Å². The van der Waals surface area contributed by atoms with Crippen molar-refractivity contribution in [2.24, 2.45) is 5.73 Å². The zero-order valence-electron chi connectivity index (χ0n) is 27.4. The molecule has 12 heteroatoms. The second-order valence-electron chi connectivity index (χ2n) is 13.6. The quantitative estimate of drug-likeness (QED) is 0.239. The molecule has 1 aromatic carbocycles. The van der Waals surface area contributed by atoms with E-state index in [1.165, 1.54) is 11.0 Å². The zero-order valence-corrected chi connectivity index (χ0v) is 28.2. The van der Waals surface area contributed by atoms with Gasteiger partial charge in [0.05, 0.1) is 35.7 Å². The molecule has 2 N–H and O–H groups in total. The van der Waals surface area contributed by atoms with Crippen LogP contribution in [0.2, 0.25) is 0 Å². The normalized spacial score (nSPS) is 21.1. The molecular formula is C36H43ClF3N7O. The number of fused-ring (bicyclic) bond motifs is 1. The number of aryl methyl sites for hydroxylation is 2. The van der Waals surface area contributed by atoms with Gasteiger partial charge < -0.3 is 20.1 Å². The van der Waals surface area contributed by atoms with Crippen molar-refractivity contribution >= 4 is 34.7 Å². The van der Waals surface area contributed by atoms with Crippen LogP contribution in [0.15, 0.2) is 59.8 Å². The van der Waals surface area contributed by atoms with Crippen LogP contribution in [-0.4, -0.2) is 63.6 Å². The van der Waals surface area contributed by atoms with Crippen molar-refractivity contribution < 1.29 is 13.2 Å². The fraction of sp³-hybridized carbons (Fsp3) is 0.472. The van der Waals surface area contributed by atoms with E-state index in [1.807, 2.05) is 44.6 Å². The summed E-state index contributed by atoms with van der Waals surface area (Å²) in [6, 6.07) is 10.2. The maximum absolute atomic E-state index is 15.7. The van der Waals surface area contributed by atoms with Crippen LogP contribution in [0.5, 0.6) is 0 Å². The molecule has 2 atom stereocenters. The minimum atomic E-state index is -3.12. The number of hydrogen-bond acceptors (Lipinski definition) is 7. The van der Waals surface area contributed by atoms with Crippen LogP contribution in [0.1, 0.15) is 60.7 Å². The van der Waals surface area contributed by atoms with Crippen molar-refractivity contribution in [1.82, 2.24) is 19.4 Å². The number of alkyl halides is 2. The summed E-state index contributed by atoms with van der Waals surface area (Å²) < 4.78 is 46.9. The fourth-order valence-electron chi connectivity index (χ4n) is 7.19. The van der Waals surface area contributed by atoms with Crippen molar-refractivity contribution in [1.29, 1.82) is 0 Å². The minimum Gasteiger partial charge on any atom is -0.369 e. The molecule has 256 valence electrons. The third kappa shape index (κ3) is 7.04. The Hall–Kier alpha value is -3.67. The number of aromatic nitrogens is 3. The van der Waals surface area contributed by atoms with Gasteiger partial charge in [0.15, 0.2) is 5.43 Å². The SMILES string of the molecule is Cc1ccc(N2CCC[C@H](N(Cc3ccnc(C)c3)Cc3cn(C4CC4)c4cc(N5CC[C@@H](N)C(F)(F)C5)c(F)cc4c3=O)C2)cn1.Cl. The van der Waals surface area contributed by atoms with Gasteiger partial charge in [0.25, 0.3) is 5.92 Å². The first-order chi connectivity index (χ1) is 22.6. The lowest BCUT2D eigenvalue weighted by molar-refractivity contribution is -0.0301. The number of anilines is 2. The number of pyridine rings is 3. The molecule has 0 amide bonds. The van der Waals surface area contributed by atoms with E-state index in [1.54, 1.807) is 6.07 Å². The van der Waals surface area contributed by atoms with Crippen molar-refractivity contribution in [2.75, 3.05) is 36.0 Å². The molecule has 3 aromatic heterocycles. The van der Waals surface area contributed by atoms with E-state index in [4.69, 9.17) is 5.73 Å². The third-order valence-electron chi connectivity index (χ3n) is 10.0. The summed E-state index contributed by atoms with van der Waals surface area (Å²) >= 11 is 0. The van der Waals surface area contributed by atoms with Crippen molar-refractivity contribution in [3.8, 4) is 0 Å². The Morgan fingerprint density at radius 2 is 1.79 bits per heavy atom. The zero-order chi connectivity index (χ0) is 32.9. The molecule has 7 rings (SSSR count). The Kier molecular flexibility index (Phi) is 9.75. The molecule has 2 saturated heterocycles. The summed E-state index contributed by atoms with van der Waals surface area (Å²) in [5.74, 6) is -3.79. The first kappa shape index (κ1) is 34.2. The van der Waals surface area contributed by atoms with Crippen molar-refractivity contribution in [3.63, 3.8) is 0 Å². The summed E-state index contributed by atoms with van der Waals surface area (Å²) in [6.45, 7) is 6.29. The molecule has 1 aliphatic carbocycles. The molecule has 0 spiro atoms. The molecule has 2 aliphatic heterocycles. The smallest absolute Gasteiger partial charge is 0.280 e. The predicted molar refractivity (Wildman–Crippen MR) is 186 cm³/mol. The van der Waals surface area contributed by atoms with Gasteiger partial charge in [0.1, 0.15) is 5.82 Å². The van der Waals surface area contributed by atoms with E-state index in [0.29, 0.717) is 24.2 Å². The topological polar surface area (TPSA) is 83.5 Å². The van der Waals surface area contributed by atoms with Gasteiger partial charge in [0.2, 0.25) is 0 Å². The summed E-state index contributed by atoms with van der Waals surface area (Å²) in [4.78, 5) is 29.2. The summed E-state index contributed by atoms with van der Waals surface area (Å²) in [5, 5.41) is 0.284. The minimum absolute atomic E-state index is 0. The van der Waals surface area contributed by atoms with Gasteiger partial charge in [-0.15, -0.1) is 12.4 Å². The number of halogens is 4. The van der Waals surface area contributed by atoms with Gasteiger partial charge in [-0.25, -0.2) is 13.2 Å². The molecule has 0 bridgehead atoms. The number of nitrogens with two attached hydrogens (primary N) is 1. The van der Waals surface area contributed by atoms with E-state index in [-0.39, 0.29) is 54.0 Å². The summed E-state index contributed by atoms with van der Waals surface area (Å²) in [7, 11) is 0. The molecule has 0 unspecified atom stereocenters. The number of nitrogens with zero attached hydrogens (tertiary/aromatic N) is 6. The average Bonchev–Trinajstić information content (AvgIpc) is 3.89. The largest absolute Gasteiger partial charge is 0.369 e. The number of benzene rings is 1. The van der Waals surface area contributed by atoms with Gasteiger partial charge in [-0.3, -0.25) is 19.7 Å². The van der Waals surface area contributed by atoms with Gasteiger partial charge in [-0.1, -0.05) is 0 Å². The lowest BCUT2D eigenvalue weighted by Crippen LogP contribution is -2.55. The highest BCUT2D eigenvalue weighted by atomic mass is 35.5. The molecule has 3 fully saturated rings. The standard InChI is InChI=1S/C36H42F3N7O.ClH/c1-23-5-6-28(17-42-23)43-12-3-4-29(21-43)45(18-25-9-11-41-24(2)14-25)19-26-20-46(27-7-8-27)32-16-33(31(37)15-30(32)35(26)47)44-13-10-34(40)36(38,39)22-44;/h5-6,9,11,14-17,20,27,29,34H,3-4,7-8,10,12-13,18-19,21-22,40H2,1-2H3;1H/t29-,34+;/m0./s1. The lowest BCUT2D eigenvalue weighted by Gasteiger charge is -2.40. The maximum atomic E-state index is 15.7. The number of piperidine rings is 2. The van der Waals surface area contributed by atoms with Gasteiger partial charge >= 0.3 is 0 Å². The van der Waals surface area contributed by atoms with Crippen LogP contribution in [0.3, 0.4) is 0 Å². The van der Waals surface area contributed by atoms with E-state index in [2.05, 4.69) is 36.5 Å². The number of rotatable bonds is 8. The van der Waals surface area contributed by atoms with Crippen LogP contribution in [-0.2, 0) is 13.1 Å². The van der Waals surface area contributed by atoms with Gasteiger partial charge in [-0.05, 0) is 87.9 Å². The number of hydrogen-bond donors (Lipinski definition) is 1. The van der Waals surface area contributed by atoms with Gasteiger partial charge in [-0.2, -0.15) is 0 Å². The monoisotopic (exact) mass is 681 g/mol. The Morgan fingerprint density at radius 3 is 2.50 bits per heavy atom. The van der Waals surface area contributed by atoms with Crippen molar-refractivity contribution in [3.05, 3.63) is 93.5 Å². The van der Waals surface area contributed by atoms with E-state index in [9.17, 15) is 13.6 Å². The van der Waals surface area contributed by atoms with Crippen LogP contribution >= 0.6 is 12.4 Å². The molecule has 0 radical (unpaired) electrons. The molecule has 3 aliphatic rings. The van der Waals surface area contributed by atoms with Crippen molar-refractivity contribution in [2.45, 2.75) is 83.1 Å².